The summed E-state index contributed by atoms with van der Waals surface area (Å²) in [6.07, 6.45) is 7.86. The molecule has 5 heteroatoms. The smallest absolute Gasteiger partial charge is 0.155 e. The maximum atomic E-state index is 4.95. The van der Waals surface area contributed by atoms with Crippen LogP contribution in [-0.4, -0.2) is 21.0 Å². The van der Waals surface area contributed by atoms with Crippen LogP contribution in [0.3, 0.4) is 0 Å². The fraction of sp³-hybridized carbons (Fsp3) is 0.250. The lowest BCUT2D eigenvalue weighted by molar-refractivity contribution is 0.140. The summed E-state index contributed by atoms with van der Waals surface area (Å²) >= 11 is 0. The highest BCUT2D eigenvalue weighted by molar-refractivity contribution is 5.36. The lowest BCUT2D eigenvalue weighted by Gasteiger charge is -1.98. The molecule has 0 aliphatic heterocycles. The summed E-state index contributed by atoms with van der Waals surface area (Å²) in [4.78, 5) is 12.7. The number of aromatic nitrogens is 3. The zero-order valence-electron chi connectivity index (χ0n) is 7.05. The second-order valence-electron chi connectivity index (χ2n) is 2.67. The first-order chi connectivity index (χ1) is 6.42. The van der Waals surface area contributed by atoms with Crippen molar-refractivity contribution in [3.8, 4) is 0 Å². The van der Waals surface area contributed by atoms with E-state index in [4.69, 9.17) is 5.90 Å². The molecule has 0 aromatic carbocycles. The van der Waals surface area contributed by atoms with Gasteiger partial charge in [0.05, 0.1) is 12.8 Å². The van der Waals surface area contributed by atoms with Crippen molar-refractivity contribution >= 4 is 5.65 Å². The standard InChI is InChI=1S/C8H10N4O/c9-13-4-1-7-5-11-8-6-10-2-3-12(7)8/h2-3,5-6H,1,4,9H2. The summed E-state index contributed by atoms with van der Waals surface area (Å²) in [5.41, 5.74) is 1.91. The van der Waals surface area contributed by atoms with Crippen molar-refractivity contribution in [3.63, 3.8) is 0 Å². The van der Waals surface area contributed by atoms with Gasteiger partial charge in [0.15, 0.2) is 5.65 Å². The molecule has 0 aliphatic carbocycles. The molecule has 13 heavy (non-hydrogen) atoms. The summed E-state index contributed by atoms with van der Waals surface area (Å²) in [7, 11) is 0. The van der Waals surface area contributed by atoms with Gasteiger partial charge < -0.3 is 9.24 Å². The molecule has 2 aromatic rings. The number of hydrogen-bond donors (Lipinski definition) is 1. The first-order valence-corrected chi connectivity index (χ1v) is 3.99. The van der Waals surface area contributed by atoms with Gasteiger partial charge in [-0.15, -0.1) is 0 Å². The largest absolute Gasteiger partial charge is 0.304 e. The second-order valence-corrected chi connectivity index (χ2v) is 2.67. The number of rotatable bonds is 3. The summed E-state index contributed by atoms with van der Waals surface area (Å²) in [6.45, 7) is 0.496. The summed E-state index contributed by atoms with van der Waals surface area (Å²) in [5, 5.41) is 0. The Labute approximate surface area is 75.1 Å². The third-order valence-electron chi connectivity index (χ3n) is 1.87. The Balaban J connectivity index is 2.35. The molecule has 0 aliphatic rings. The van der Waals surface area contributed by atoms with Crippen LogP contribution in [0.15, 0.2) is 24.8 Å². The van der Waals surface area contributed by atoms with Crippen LogP contribution in [0.5, 0.6) is 0 Å². The van der Waals surface area contributed by atoms with E-state index in [0.29, 0.717) is 6.61 Å². The third kappa shape index (κ3) is 1.51. The van der Waals surface area contributed by atoms with Crippen LogP contribution in [0, 0.1) is 0 Å². The Morgan fingerprint density at radius 2 is 2.38 bits per heavy atom. The molecule has 0 saturated carbocycles. The number of hydrogen-bond acceptors (Lipinski definition) is 4. The van der Waals surface area contributed by atoms with Crippen molar-refractivity contribution < 1.29 is 4.84 Å². The molecular weight excluding hydrogens is 168 g/mol. The topological polar surface area (TPSA) is 65.4 Å². The SMILES string of the molecule is NOCCc1cnc2cnccn12. The van der Waals surface area contributed by atoms with Gasteiger partial charge in [0.2, 0.25) is 0 Å². The van der Waals surface area contributed by atoms with E-state index in [2.05, 4.69) is 14.8 Å². The Morgan fingerprint density at radius 3 is 3.23 bits per heavy atom. The fourth-order valence-corrected chi connectivity index (χ4v) is 1.24. The summed E-state index contributed by atoms with van der Waals surface area (Å²) in [5.74, 6) is 4.95. The van der Waals surface area contributed by atoms with Gasteiger partial charge in [-0.25, -0.2) is 10.9 Å². The van der Waals surface area contributed by atoms with Gasteiger partial charge in [-0.2, -0.15) is 0 Å². The van der Waals surface area contributed by atoms with Crippen molar-refractivity contribution in [3.05, 3.63) is 30.5 Å². The predicted octanol–water partition coefficient (Wildman–Crippen LogP) is 0.162. The first-order valence-electron chi connectivity index (χ1n) is 3.99. The van der Waals surface area contributed by atoms with Crippen molar-refractivity contribution in [2.75, 3.05) is 6.61 Å². The monoisotopic (exact) mass is 178 g/mol. The Kier molecular flexibility index (Phi) is 2.20. The number of fused-ring (bicyclic) bond motifs is 1. The third-order valence-corrected chi connectivity index (χ3v) is 1.87. The Hall–Kier alpha value is -1.46. The van der Waals surface area contributed by atoms with Crippen LogP contribution in [0.4, 0.5) is 0 Å². The van der Waals surface area contributed by atoms with Crippen LogP contribution < -0.4 is 5.90 Å². The van der Waals surface area contributed by atoms with Crippen LogP contribution >= 0.6 is 0 Å². The molecule has 2 N–H and O–H groups in total. The Bertz CT molecular complexity index is 398. The molecule has 2 aromatic heterocycles. The fourth-order valence-electron chi connectivity index (χ4n) is 1.24. The molecule has 0 fully saturated rings. The van der Waals surface area contributed by atoms with E-state index in [-0.39, 0.29) is 0 Å². The Morgan fingerprint density at radius 1 is 1.46 bits per heavy atom. The minimum absolute atomic E-state index is 0.496. The van der Waals surface area contributed by atoms with Crippen molar-refractivity contribution in [1.29, 1.82) is 0 Å². The molecule has 5 nitrogen and oxygen atoms in total. The van der Waals surface area contributed by atoms with E-state index >= 15 is 0 Å². The molecule has 0 saturated heterocycles. The molecular formula is C8H10N4O. The van der Waals surface area contributed by atoms with Gasteiger partial charge in [0.25, 0.3) is 0 Å². The van der Waals surface area contributed by atoms with Gasteiger partial charge in [-0.1, -0.05) is 0 Å². The summed E-state index contributed by atoms with van der Waals surface area (Å²) in [6, 6.07) is 0. The van der Waals surface area contributed by atoms with Gasteiger partial charge in [0.1, 0.15) is 0 Å². The molecule has 0 bridgehead atoms. The minimum Gasteiger partial charge on any atom is -0.304 e. The number of nitrogens with two attached hydrogens (primary N) is 1. The highest BCUT2D eigenvalue weighted by Gasteiger charge is 2.01. The molecule has 68 valence electrons. The molecule has 0 spiro atoms. The van der Waals surface area contributed by atoms with E-state index < -0.39 is 0 Å². The second kappa shape index (κ2) is 3.51. The van der Waals surface area contributed by atoms with Crippen LogP contribution in [0.2, 0.25) is 0 Å². The van der Waals surface area contributed by atoms with Gasteiger partial charge in [0, 0.05) is 30.7 Å². The predicted molar refractivity (Wildman–Crippen MR) is 46.8 cm³/mol. The molecule has 0 unspecified atom stereocenters. The van der Waals surface area contributed by atoms with Crippen molar-refractivity contribution in [2.45, 2.75) is 6.42 Å². The van der Waals surface area contributed by atoms with E-state index in [0.717, 1.165) is 17.8 Å². The maximum Gasteiger partial charge on any atom is 0.155 e. The molecule has 2 heterocycles. The van der Waals surface area contributed by atoms with Crippen LogP contribution in [0.1, 0.15) is 5.69 Å². The minimum atomic E-state index is 0.496. The normalized spacial score (nSPS) is 10.8. The van der Waals surface area contributed by atoms with Gasteiger partial charge in [-0.3, -0.25) is 4.98 Å². The van der Waals surface area contributed by atoms with Crippen LogP contribution in [0.25, 0.3) is 5.65 Å². The van der Waals surface area contributed by atoms with Crippen molar-refractivity contribution in [1.82, 2.24) is 14.4 Å². The van der Waals surface area contributed by atoms with Crippen molar-refractivity contribution in [2.24, 2.45) is 5.90 Å². The van der Waals surface area contributed by atoms with E-state index in [1.54, 1.807) is 18.6 Å². The average molecular weight is 178 g/mol. The lowest BCUT2D eigenvalue weighted by atomic mass is 10.3. The molecule has 0 amide bonds. The number of imidazole rings is 1. The van der Waals surface area contributed by atoms with E-state index in [1.165, 1.54) is 0 Å². The molecule has 2 rings (SSSR count). The van der Waals surface area contributed by atoms with Gasteiger partial charge >= 0.3 is 0 Å². The van der Waals surface area contributed by atoms with Crippen LogP contribution in [-0.2, 0) is 11.3 Å². The highest BCUT2D eigenvalue weighted by Crippen LogP contribution is 2.04. The lowest BCUT2D eigenvalue weighted by Crippen LogP contribution is -2.05. The zero-order valence-corrected chi connectivity index (χ0v) is 7.05. The van der Waals surface area contributed by atoms with Gasteiger partial charge in [-0.05, 0) is 0 Å². The average Bonchev–Trinajstić information content (AvgIpc) is 2.58. The maximum absolute atomic E-state index is 4.95. The summed E-state index contributed by atoms with van der Waals surface area (Å²) < 4.78 is 1.96. The molecule has 0 radical (unpaired) electrons. The van der Waals surface area contributed by atoms with E-state index in [1.807, 2.05) is 10.6 Å². The first kappa shape index (κ1) is 8.15. The molecule has 0 atom stereocenters. The van der Waals surface area contributed by atoms with E-state index in [9.17, 15) is 0 Å². The zero-order chi connectivity index (χ0) is 9.10. The quantitative estimate of drug-likeness (QED) is 0.680. The number of nitrogens with zero attached hydrogens (tertiary/aromatic N) is 3. The highest BCUT2D eigenvalue weighted by atomic mass is 16.6.